The van der Waals surface area contributed by atoms with E-state index in [1.165, 1.54) is 12.8 Å². The molecule has 2 saturated heterocycles. The molecular weight excluding hydrogens is 318 g/mol. The SMILES string of the molecule is CN(C)[C@@H](CNC(=O)N1CCC([C@@H]2CCCO2)CC1)c1cnn(C)c1. The van der Waals surface area contributed by atoms with E-state index >= 15 is 0 Å². The molecule has 25 heavy (non-hydrogen) atoms. The molecule has 0 bridgehead atoms. The molecule has 2 aliphatic heterocycles. The first-order valence-electron chi connectivity index (χ1n) is 9.34. The average molecular weight is 349 g/mol. The van der Waals surface area contributed by atoms with Gasteiger partial charge < -0.3 is 19.9 Å². The van der Waals surface area contributed by atoms with E-state index in [0.717, 1.165) is 38.1 Å². The predicted molar refractivity (Wildman–Crippen MR) is 96.3 cm³/mol. The van der Waals surface area contributed by atoms with Crippen molar-refractivity contribution in [1.29, 1.82) is 0 Å². The number of carbonyl (C=O) groups excluding carboxylic acids is 1. The molecule has 2 fully saturated rings. The van der Waals surface area contributed by atoms with Gasteiger partial charge in [-0.05, 0) is 45.7 Å². The molecule has 0 unspecified atom stereocenters. The molecule has 0 aliphatic carbocycles. The van der Waals surface area contributed by atoms with Gasteiger partial charge in [-0.3, -0.25) is 4.68 Å². The molecule has 7 nitrogen and oxygen atoms in total. The molecule has 3 heterocycles. The van der Waals surface area contributed by atoms with Crippen molar-refractivity contribution in [3.63, 3.8) is 0 Å². The van der Waals surface area contributed by atoms with Crippen LogP contribution in [0.5, 0.6) is 0 Å². The van der Waals surface area contributed by atoms with Crippen molar-refractivity contribution in [3.8, 4) is 0 Å². The van der Waals surface area contributed by atoms with Crippen molar-refractivity contribution in [2.45, 2.75) is 37.8 Å². The quantitative estimate of drug-likeness (QED) is 0.877. The van der Waals surface area contributed by atoms with E-state index in [1.54, 1.807) is 4.68 Å². The first-order chi connectivity index (χ1) is 12.0. The second-order valence-electron chi connectivity index (χ2n) is 7.49. The van der Waals surface area contributed by atoms with Gasteiger partial charge in [0.15, 0.2) is 0 Å². The Kier molecular flexibility index (Phi) is 5.96. The lowest BCUT2D eigenvalue weighted by molar-refractivity contribution is 0.0371. The highest BCUT2D eigenvalue weighted by molar-refractivity contribution is 5.74. The van der Waals surface area contributed by atoms with Crippen LogP contribution in [0, 0.1) is 5.92 Å². The molecule has 0 aromatic carbocycles. The fraction of sp³-hybridized carbons (Fsp3) is 0.778. The van der Waals surface area contributed by atoms with Crippen molar-refractivity contribution in [2.75, 3.05) is 40.3 Å². The molecule has 0 spiro atoms. The Hall–Kier alpha value is -1.60. The van der Waals surface area contributed by atoms with Gasteiger partial charge in [0.05, 0.1) is 18.3 Å². The third-order valence-corrected chi connectivity index (χ3v) is 5.50. The van der Waals surface area contributed by atoms with Crippen LogP contribution in [0.3, 0.4) is 0 Å². The number of ether oxygens (including phenoxy) is 1. The van der Waals surface area contributed by atoms with Crippen LogP contribution >= 0.6 is 0 Å². The fourth-order valence-corrected chi connectivity index (χ4v) is 3.96. The number of urea groups is 1. The van der Waals surface area contributed by atoms with Crippen LogP contribution in [0.2, 0.25) is 0 Å². The van der Waals surface area contributed by atoms with Gasteiger partial charge in [0.2, 0.25) is 0 Å². The maximum atomic E-state index is 12.5. The van der Waals surface area contributed by atoms with Crippen LogP contribution in [0.4, 0.5) is 4.79 Å². The summed E-state index contributed by atoms with van der Waals surface area (Å²) in [5, 5.41) is 7.34. The summed E-state index contributed by atoms with van der Waals surface area (Å²) in [7, 11) is 5.96. The number of hydrogen-bond acceptors (Lipinski definition) is 4. The topological polar surface area (TPSA) is 62.6 Å². The van der Waals surface area contributed by atoms with Gasteiger partial charge in [-0.25, -0.2) is 4.79 Å². The standard InChI is InChI=1S/C18H31N5O2/c1-21(2)16(15-11-20-22(3)13-15)12-19-18(24)23-8-6-14(7-9-23)17-5-4-10-25-17/h11,13-14,16-17H,4-10,12H2,1-3H3,(H,19,24)/t16-,17-/m0/s1. The van der Waals surface area contributed by atoms with Gasteiger partial charge in [0.25, 0.3) is 0 Å². The summed E-state index contributed by atoms with van der Waals surface area (Å²) in [6.45, 7) is 3.15. The molecule has 2 aliphatic rings. The summed E-state index contributed by atoms with van der Waals surface area (Å²) in [6.07, 6.45) is 8.77. The number of hydrogen-bond donors (Lipinski definition) is 1. The van der Waals surface area contributed by atoms with E-state index in [9.17, 15) is 4.79 Å². The van der Waals surface area contributed by atoms with Crippen molar-refractivity contribution < 1.29 is 9.53 Å². The van der Waals surface area contributed by atoms with Crippen LogP contribution in [-0.2, 0) is 11.8 Å². The first kappa shape index (κ1) is 18.2. The summed E-state index contributed by atoms with van der Waals surface area (Å²) in [5.74, 6) is 0.622. The minimum Gasteiger partial charge on any atom is -0.378 e. The van der Waals surface area contributed by atoms with Gasteiger partial charge in [-0.1, -0.05) is 0 Å². The molecule has 1 N–H and O–H groups in total. The summed E-state index contributed by atoms with van der Waals surface area (Å²) < 4.78 is 7.61. The third kappa shape index (κ3) is 4.52. The Labute approximate surface area is 150 Å². The van der Waals surface area contributed by atoms with E-state index in [2.05, 4.69) is 15.3 Å². The Morgan fingerprint density at radius 2 is 2.16 bits per heavy atom. The Bertz CT molecular complexity index is 560. The minimum absolute atomic E-state index is 0.0431. The minimum atomic E-state index is 0.0431. The lowest BCUT2D eigenvalue weighted by Crippen LogP contribution is -2.47. The lowest BCUT2D eigenvalue weighted by atomic mass is 9.90. The monoisotopic (exact) mass is 349 g/mol. The molecule has 0 saturated carbocycles. The van der Waals surface area contributed by atoms with E-state index in [-0.39, 0.29) is 12.1 Å². The summed E-state index contributed by atoms with van der Waals surface area (Å²) >= 11 is 0. The van der Waals surface area contributed by atoms with Crippen molar-refractivity contribution in [1.82, 2.24) is 24.9 Å². The van der Waals surface area contributed by atoms with Crippen molar-refractivity contribution in [2.24, 2.45) is 13.0 Å². The number of likely N-dealkylation sites (tertiary alicyclic amines) is 1. The molecule has 2 atom stereocenters. The van der Waals surface area contributed by atoms with Crippen molar-refractivity contribution >= 4 is 6.03 Å². The number of aryl methyl sites for hydroxylation is 1. The van der Waals surface area contributed by atoms with E-state index in [4.69, 9.17) is 4.74 Å². The zero-order chi connectivity index (χ0) is 17.8. The number of rotatable bonds is 5. The van der Waals surface area contributed by atoms with Crippen LogP contribution in [0.15, 0.2) is 12.4 Å². The number of amides is 2. The zero-order valence-corrected chi connectivity index (χ0v) is 15.6. The smallest absolute Gasteiger partial charge is 0.317 e. The van der Waals surface area contributed by atoms with Gasteiger partial charge in [-0.2, -0.15) is 5.10 Å². The molecule has 2 amide bonds. The van der Waals surface area contributed by atoms with Gasteiger partial charge >= 0.3 is 6.03 Å². The van der Waals surface area contributed by atoms with Crippen LogP contribution in [0.1, 0.15) is 37.3 Å². The second kappa shape index (κ2) is 8.19. The largest absolute Gasteiger partial charge is 0.378 e. The maximum absolute atomic E-state index is 12.5. The molecular formula is C18H31N5O2. The van der Waals surface area contributed by atoms with Crippen LogP contribution in [0.25, 0.3) is 0 Å². The van der Waals surface area contributed by atoms with E-state index < -0.39 is 0 Å². The highest BCUT2D eigenvalue weighted by atomic mass is 16.5. The molecule has 140 valence electrons. The number of piperidine rings is 1. The first-order valence-corrected chi connectivity index (χ1v) is 9.34. The molecule has 1 aromatic rings. The Morgan fingerprint density at radius 1 is 1.40 bits per heavy atom. The highest BCUT2D eigenvalue weighted by Gasteiger charge is 2.31. The van der Waals surface area contributed by atoms with Gasteiger partial charge in [0, 0.05) is 45.0 Å². The number of nitrogens with one attached hydrogen (secondary N) is 1. The predicted octanol–water partition coefficient (Wildman–Crippen LogP) is 1.62. The number of aromatic nitrogens is 2. The number of likely N-dealkylation sites (N-methyl/N-ethyl adjacent to an activating group) is 1. The Morgan fingerprint density at radius 3 is 2.72 bits per heavy atom. The molecule has 7 heteroatoms. The summed E-state index contributed by atoms with van der Waals surface area (Å²) in [4.78, 5) is 16.6. The molecule has 3 rings (SSSR count). The lowest BCUT2D eigenvalue weighted by Gasteiger charge is -2.35. The average Bonchev–Trinajstić information content (AvgIpc) is 3.27. The fourth-order valence-electron chi connectivity index (χ4n) is 3.96. The Balaban J connectivity index is 1.47. The van der Waals surface area contributed by atoms with Gasteiger partial charge in [0.1, 0.15) is 0 Å². The molecule has 0 radical (unpaired) electrons. The van der Waals surface area contributed by atoms with E-state index in [1.807, 2.05) is 38.4 Å². The van der Waals surface area contributed by atoms with E-state index in [0.29, 0.717) is 18.6 Å². The van der Waals surface area contributed by atoms with Gasteiger partial charge in [-0.15, -0.1) is 0 Å². The zero-order valence-electron chi connectivity index (χ0n) is 15.6. The highest BCUT2D eigenvalue weighted by Crippen LogP contribution is 2.28. The normalized spacial score (nSPS) is 23.2. The second-order valence-corrected chi connectivity index (χ2v) is 7.49. The third-order valence-electron chi connectivity index (χ3n) is 5.50. The number of nitrogens with zero attached hydrogens (tertiary/aromatic N) is 4. The van der Waals surface area contributed by atoms with Crippen LogP contribution < -0.4 is 5.32 Å². The molecule has 1 aromatic heterocycles. The summed E-state index contributed by atoms with van der Waals surface area (Å²) in [6, 6.07) is 0.170. The number of carbonyl (C=O) groups is 1. The summed E-state index contributed by atoms with van der Waals surface area (Å²) in [5.41, 5.74) is 1.12. The van der Waals surface area contributed by atoms with Crippen LogP contribution in [-0.4, -0.2) is 72.1 Å². The van der Waals surface area contributed by atoms with Crippen molar-refractivity contribution in [3.05, 3.63) is 18.0 Å². The maximum Gasteiger partial charge on any atom is 0.317 e.